The van der Waals surface area contributed by atoms with Crippen LogP contribution in [0.1, 0.15) is 18.2 Å². The van der Waals surface area contributed by atoms with E-state index in [1.54, 1.807) is 13.2 Å². The molecule has 1 N–H and O–H groups in total. The van der Waals surface area contributed by atoms with Gasteiger partial charge in [0.15, 0.2) is 11.0 Å². The second kappa shape index (κ2) is 9.23. The smallest absolute Gasteiger partial charge is 0.413 e. The highest BCUT2D eigenvalue weighted by Gasteiger charge is 2.18. The normalized spacial score (nSPS) is 10.6. The molecule has 3 rings (SSSR count). The number of carbonyl (C=O) groups is 2. The maximum absolute atomic E-state index is 11.9. The van der Waals surface area contributed by atoms with Crippen LogP contribution in [-0.2, 0) is 16.1 Å². The van der Waals surface area contributed by atoms with Gasteiger partial charge in [0.2, 0.25) is 5.91 Å². The first-order valence-corrected chi connectivity index (χ1v) is 9.67. The molecule has 2 amide bonds. The Morgan fingerprint density at radius 1 is 1.25 bits per heavy atom. The zero-order valence-electron chi connectivity index (χ0n) is 15.5. The van der Waals surface area contributed by atoms with Gasteiger partial charge in [0.1, 0.15) is 5.76 Å². The van der Waals surface area contributed by atoms with E-state index in [1.807, 2.05) is 47.9 Å². The SMILES string of the molecule is CCOC(=O)NC(=O)CSc1nnc(-c2cccc(C)c2)n1Cc1ccco1. The molecule has 0 saturated heterocycles. The van der Waals surface area contributed by atoms with Crippen LogP contribution in [0.2, 0.25) is 0 Å². The number of hydrogen-bond acceptors (Lipinski definition) is 7. The molecule has 3 aromatic rings. The number of benzene rings is 1. The van der Waals surface area contributed by atoms with E-state index < -0.39 is 12.0 Å². The van der Waals surface area contributed by atoms with Crippen LogP contribution >= 0.6 is 11.8 Å². The lowest BCUT2D eigenvalue weighted by Gasteiger charge is -2.09. The van der Waals surface area contributed by atoms with E-state index in [4.69, 9.17) is 9.15 Å². The summed E-state index contributed by atoms with van der Waals surface area (Å²) in [5, 5.41) is 11.2. The number of ether oxygens (including phenoxy) is 1. The quantitative estimate of drug-likeness (QED) is 0.608. The molecule has 0 radical (unpaired) electrons. The molecule has 0 bridgehead atoms. The van der Waals surface area contributed by atoms with Gasteiger partial charge in [-0.15, -0.1) is 10.2 Å². The number of aromatic nitrogens is 3. The molecule has 9 heteroatoms. The van der Waals surface area contributed by atoms with E-state index in [-0.39, 0.29) is 12.4 Å². The van der Waals surface area contributed by atoms with Crippen molar-refractivity contribution in [2.75, 3.05) is 12.4 Å². The fourth-order valence-electron chi connectivity index (χ4n) is 2.54. The molecular weight excluding hydrogens is 380 g/mol. The molecule has 2 aromatic heterocycles. The number of nitrogens with zero attached hydrogens (tertiary/aromatic N) is 3. The maximum atomic E-state index is 11.9. The van der Waals surface area contributed by atoms with Crippen LogP contribution in [0.5, 0.6) is 0 Å². The molecule has 0 saturated carbocycles. The fraction of sp³-hybridized carbons (Fsp3) is 0.263. The number of rotatable bonds is 7. The van der Waals surface area contributed by atoms with Gasteiger partial charge in [0.05, 0.1) is 25.2 Å². The minimum absolute atomic E-state index is 0.00290. The molecule has 146 valence electrons. The molecule has 0 aliphatic carbocycles. The van der Waals surface area contributed by atoms with Gasteiger partial charge in [-0.3, -0.25) is 14.7 Å². The summed E-state index contributed by atoms with van der Waals surface area (Å²) in [6.07, 6.45) is 0.844. The summed E-state index contributed by atoms with van der Waals surface area (Å²) in [5.41, 5.74) is 2.02. The minimum Gasteiger partial charge on any atom is -0.467 e. The molecule has 8 nitrogen and oxygen atoms in total. The summed E-state index contributed by atoms with van der Waals surface area (Å²) in [4.78, 5) is 23.3. The zero-order valence-corrected chi connectivity index (χ0v) is 16.4. The highest BCUT2D eigenvalue weighted by Crippen LogP contribution is 2.25. The predicted molar refractivity (Wildman–Crippen MR) is 104 cm³/mol. The van der Waals surface area contributed by atoms with E-state index in [0.29, 0.717) is 17.5 Å². The highest BCUT2D eigenvalue weighted by molar-refractivity contribution is 7.99. The third-order valence-electron chi connectivity index (χ3n) is 3.74. The lowest BCUT2D eigenvalue weighted by atomic mass is 10.1. The molecule has 0 unspecified atom stereocenters. The Kier molecular flexibility index (Phi) is 6.49. The summed E-state index contributed by atoms with van der Waals surface area (Å²) < 4.78 is 12.0. The van der Waals surface area contributed by atoms with E-state index >= 15 is 0 Å². The van der Waals surface area contributed by atoms with Crippen molar-refractivity contribution in [3.05, 3.63) is 54.0 Å². The van der Waals surface area contributed by atoms with Crippen LogP contribution in [0.4, 0.5) is 4.79 Å². The Morgan fingerprint density at radius 3 is 2.82 bits per heavy atom. The summed E-state index contributed by atoms with van der Waals surface area (Å²) in [6.45, 7) is 4.30. The van der Waals surface area contributed by atoms with E-state index in [9.17, 15) is 9.59 Å². The van der Waals surface area contributed by atoms with Crippen molar-refractivity contribution >= 4 is 23.8 Å². The summed E-state index contributed by atoms with van der Waals surface area (Å²) in [7, 11) is 0. The standard InChI is InChI=1S/C19H20N4O4S/c1-3-26-19(25)20-16(24)12-28-18-22-21-17(14-7-4-6-13(2)10-14)23(18)11-15-8-5-9-27-15/h4-10H,3,11-12H2,1-2H3,(H,20,24,25). The highest BCUT2D eigenvalue weighted by atomic mass is 32.2. The van der Waals surface area contributed by atoms with Gasteiger partial charge in [-0.1, -0.05) is 35.5 Å². The van der Waals surface area contributed by atoms with Crippen LogP contribution in [-0.4, -0.2) is 39.1 Å². The van der Waals surface area contributed by atoms with Crippen molar-refractivity contribution < 1.29 is 18.7 Å². The van der Waals surface area contributed by atoms with Crippen LogP contribution in [0.25, 0.3) is 11.4 Å². The third kappa shape index (κ3) is 5.01. The summed E-state index contributed by atoms with van der Waals surface area (Å²) >= 11 is 1.18. The summed E-state index contributed by atoms with van der Waals surface area (Å²) in [6, 6.07) is 11.6. The minimum atomic E-state index is -0.759. The molecule has 0 fully saturated rings. The number of aryl methyl sites for hydroxylation is 1. The number of furan rings is 1. The van der Waals surface area contributed by atoms with Crippen molar-refractivity contribution in [3.8, 4) is 11.4 Å². The first-order chi connectivity index (χ1) is 13.6. The Balaban J connectivity index is 1.80. The van der Waals surface area contributed by atoms with Gasteiger partial charge in [-0.25, -0.2) is 4.79 Å². The lowest BCUT2D eigenvalue weighted by Crippen LogP contribution is -2.32. The van der Waals surface area contributed by atoms with E-state index in [1.165, 1.54) is 11.8 Å². The van der Waals surface area contributed by atoms with Gasteiger partial charge in [0.25, 0.3) is 0 Å². The first kappa shape index (κ1) is 19.7. The average molecular weight is 400 g/mol. The van der Waals surface area contributed by atoms with Crippen molar-refractivity contribution in [2.45, 2.75) is 25.5 Å². The van der Waals surface area contributed by atoms with Gasteiger partial charge < -0.3 is 9.15 Å². The number of thioether (sulfide) groups is 1. The van der Waals surface area contributed by atoms with Crippen LogP contribution in [0, 0.1) is 6.92 Å². The average Bonchev–Trinajstić information content (AvgIpc) is 3.30. The number of carbonyl (C=O) groups excluding carboxylic acids is 2. The molecule has 28 heavy (non-hydrogen) atoms. The maximum Gasteiger partial charge on any atom is 0.413 e. The molecule has 0 spiro atoms. The van der Waals surface area contributed by atoms with Crippen molar-refractivity contribution in [2.24, 2.45) is 0 Å². The molecular formula is C19H20N4O4S. The molecule has 1 aromatic carbocycles. The lowest BCUT2D eigenvalue weighted by molar-refractivity contribution is -0.117. The van der Waals surface area contributed by atoms with Crippen molar-refractivity contribution in [1.29, 1.82) is 0 Å². The first-order valence-electron chi connectivity index (χ1n) is 8.69. The second-order valence-electron chi connectivity index (χ2n) is 5.90. The van der Waals surface area contributed by atoms with Gasteiger partial charge in [0, 0.05) is 5.56 Å². The van der Waals surface area contributed by atoms with E-state index in [0.717, 1.165) is 16.9 Å². The van der Waals surface area contributed by atoms with E-state index in [2.05, 4.69) is 15.5 Å². The molecule has 2 heterocycles. The number of imide groups is 1. The Bertz CT molecular complexity index is 953. The molecule has 0 aliphatic rings. The van der Waals surface area contributed by atoms with Crippen LogP contribution < -0.4 is 5.32 Å². The number of amides is 2. The van der Waals surface area contributed by atoms with Crippen molar-refractivity contribution in [3.63, 3.8) is 0 Å². The predicted octanol–water partition coefficient (Wildman–Crippen LogP) is 3.26. The third-order valence-corrected chi connectivity index (χ3v) is 4.70. The monoisotopic (exact) mass is 400 g/mol. The number of hydrogen-bond donors (Lipinski definition) is 1. The van der Waals surface area contributed by atoms with Gasteiger partial charge in [-0.05, 0) is 32.0 Å². The Hall–Kier alpha value is -3.07. The number of alkyl carbamates (subject to hydrolysis) is 1. The van der Waals surface area contributed by atoms with Crippen LogP contribution in [0.3, 0.4) is 0 Å². The summed E-state index contributed by atoms with van der Waals surface area (Å²) in [5.74, 6) is 0.955. The molecule has 0 atom stereocenters. The molecule has 0 aliphatic heterocycles. The topological polar surface area (TPSA) is 99.2 Å². The number of nitrogens with one attached hydrogen (secondary N) is 1. The zero-order chi connectivity index (χ0) is 19.9. The Morgan fingerprint density at radius 2 is 2.11 bits per heavy atom. The van der Waals surface area contributed by atoms with Gasteiger partial charge >= 0.3 is 6.09 Å². The van der Waals surface area contributed by atoms with Crippen LogP contribution in [0.15, 0.2) is 52.2 Å². The van der Waals surface area contributed by atoms with Crippen molar-refractivity contribution in [1.82, 2.24) is 20.1 Å². The Labute approximate surface area is 166 Å². The fourth-order valence-corrected chi connectivity index (χ4v) is 3.28. The largest absolute Gasteiger partial charge is 0.467 e. The van der Waals surface area contributed by atoms with Gasteiger partial charge in [-0.2, -0.15) is 0 Å². The second-order valence-corrected chi connectivity index (χ2v) is 6.84.